The van der Waals surface area contributed by atoms with E-state index in [0.717, 1.165) is 31.8 Å². The molecular weight excluding hydrogens is 307 g/mol. The highest BCUT2D eigenvalue weighted by molar-refractivity contribution is 7.71. The second-order valence-electron chi connectivity index (χ2n) is 4.79. The lowest BCUT2D eigenvalue weighted by Gasteiger charge is -2.11. The molecule has 5 nitrogen and oxygen atoms in total. The predicted molar refractivity (Wildman–Crippen MR) is 84.8 cm³/mol. The van der Waals surface area contributed by atoms with Gasteiger partial charge in [-0.3, -0.25) is 9.36 Å². The van der Waals surface area contributed by atoms with Crippen molar-refractivity contribution < 1.29 is 13.9 Å². The number of hydrogen-bond donors (Lipinski definition) is 0. The molecule has 0 unspecified atom stereocenters. The van der Waals surface area contributed by atoms with Crippen LogP contribution in [0.2, 0.25) is 0 Å². The largest absolute Gasteiger partial charge is 0.463 e. The Labute approximate surface area is 134 Å². The number of esters is 1. The number of carbonyl (C=O) groups excluding carboxylic acids is 1. The third-order valence-corrected chi connectivity index (χ3v) is 3.67. The smallest absolute Gasteiger partial charge is 0.330 e. The number of unbranched alkanes of at least 4 members (excludes halogenated alkanes) is 3. The summed E-state index contributed by atoms with van der Waals surface area (Å²) in [7, 11) is 0. The second-order valence-corrected chi connectivity index (χ2v) is 5.15. The normalized spacial score (nSPS) is 10.5. The van der Waals surface area contributed by atoms with Gasteiger partial charge in [-0.15, -0.1) is 0 Å². The summed E-state index contributed by atoms with van der Waals surface area (Å²) in [6.07, 6.45) is 5.69. The zero-order chi connectivity index (χ0) is 16.5. The van der Waals surface area contributed by atoms with E-state index in [-0.39, 0.29) is 0 Å². The fourth-order valence-corrected chi connectivity index (χ4v) is 2.38. The summed E-state index contributed by atoms with van der Waals surface area (Å²) in [6, 6.07) is 0. The molecule has 0 spiro atoms. The first-order valence-electron chi connectivity index (χ1n) is 7.30. The molecule has 1 aromatic heterocycles. The van der Waals surface area contributed by atoms with Gasteiger partial charge in [0.25, 0.3) is 5.56 Å². The van der Waals surface area contributed by atoms with Crippen LogP contribution in [0.1, 0.15) is 32.6 Å². The van der Waals surface area contributed by atoms with Crippen molar-refractivity contribution >= 4 is 18.2 Å². The highest BCUT2D eigenvalue weighted by Gasteiger charge is 2.07. The van der Waals surface area contributed by atoms with Crippen LogP contribution in [0, 0.1) is 10.6 Å². The van der Waals surface area contributed by atoms with Gasteiger partial charge >= 0.3 is 5.97 Å². The Kier molecular flexibility index (Phi) is 7.73. The Morgan fingerprint density at radius 1 is 1.41 bits per heavy atom. The minimum Gasteiger partial charge on any atom is -0.463 e. The van der Waals surface area contributed by atoms with Gasteiger partial charge < -0.3 is 9.30 Å². The molecule has 0 saturated carbocycles. The quantitative estimate of drug-likeness (QED) is 0.303. The van der Waals surface area contributed by atoms with Crippen molar-refractivity contribution in [2.45, 2.75) is 45.7 Å². The molecule has 0 bridgehead atoms. The van der Waals surface area contributed by atoms with Crippen LogP contribution in [0.3, 0.4) is 0 Å². The van der Waals surface area contributed by atoms with Gasteiger partial charge in [-0.1, -0.05) is 13.0 Å². The number of carbonyl (C=O) groups is 1. The van der Waals surface area contributed by atoms with E-state index in [1.54, 1.807) is 11.5 Å². The Balaban J connectivity index is 2.42. The molecule has 0 fully saturated rings. The Morgan fingerprint density at radius 3 is 2.73 bits per heavy atom. The van der Waals surface area contributed by atoms with Crippen LogP contribution in [0.25, 0.3) is 0 Å². The Morgan fingerprint density at radius 2 is 2.09 bits per heavy atom. The lowest BCUT2D eigenvalue weighted by atomic mass is 10.2. The SMILES string of the molecule is C=CC(=O)OCCCCCCn1cc(F)c(=O)n(CC)c1=S. The molecule has 0 aromatic carbocycles. The van der Waals surface area contributed by atoms with Crippen molar-refractivity contribution in [2.75, 3.05) is 6.61 Å². The van der Waals surface area contributed by atoms with E-state index in [4.69, 9.17) is 17.0 Å². The molecule has 0 saturated heterocycles. The van der Waals surface area contributed by atoms with Crippen LogP contribution in [0.15, 0.2) is 23.6 Å². The van der Waals surface area contributed by atoms with Crippen LogP contribution in [0.5, 0.6) is 0 Å². The first-order chi connectivity index (χ1) is 10.5. The highest BCUT2D eigenvalue weighted by atomic mass is 32.1. The molecule has 7 heteroatoms. The maximum Gasteiger partial charge on any atom is 0.330 e. The van der Waals surface area contributed by atoms with E-state index in [0.29, 0.717) is 24.5 Å². The third kappa shape index (κ3) is 5.22. The molecule has 0 atom stereocenters. The van der Waals surface area contributed by atoms with E-state index >= 15 is 0 Å². The lowest BCUT2D eigenvalue weighted by Crippen LogP contribution is -2.27. The molecule has 0 aliphatic carbocycles. The first-order valence-corrected chi connectivity index (χ1v) is 7.71. The molecule has 0 radical (unpaired) electrons. The van der Waals surface area contributed by atoms with Crippen LogP contribution >= 0.6 is 12.2 Å². The topological polar surface area (TPSA) is 53.2 Å². The maximum atomic E-state index is 13.5. The molecule has 122 valence electrons. The average Bonchev–Trinajstić information content (AvgIpc) is 2.51. The number of aromatic nitrogens is 2. The highest BCUT2D eigenvalue weighted by Crippen LogP contribution is 2.04. The van der Waals surface area contributed by atoms with Gasteiger partial charge in [0.1, 0.15) is 0 Å². The monoisotopic (exact) mass is 328 g/mol. The maximum absolute atomic E-state index is 13.5. The van der Waals surface area contributed by atoms with Crippen LogP contribution in [0.4, 0.5) is 4.39 Å². The van der Waals surface area contributed by atoms with E-state index in [2.05, 4.69) is 6.58 Å². The van der Waals surface area contributed by atoms with E-state index in [1.165, 1.54) is 10.8 Å². The third-order valence-electron chi connectivity index (χ3n) is 3.22. The minimum absolute atomic E-state index is 0.341. The van der Waals surface area contributed by atoms with Gasteiger partial charge in [0.2, 0.25) is 5.82 Å². The van der Waals surface area contributed by atoms with Crippen molar-refractivity contribution in [3.8, 4) is 0 Å². The van der Waals surface area contributed by atoms with Crippen molar-refractivity contribution in [1.82, 2.24) is 9.13 Å². The average molecular weight is 328 g/mol. The summed E-state index contributed by atoms with van der Waals surface area (Å²) in [4.78, 5) is 22.4. The van der Waals surface area contributed by atoms with Gasteiger partial charge in [-0.05, 0) is 38.4 Å². The van der Waals surface area contributed by atoms with Gasteiger partial charge in [-0.2, -0.15) is 4.39 Å². The van der Waals surface area contributed by atoms with Crippen LogP contribution in [-0.2, 0) is 22.6 Å². The molecule has 0 aliphatic rings. The number of aryl methyl sites for hydroxylation is 1. The van der Waals surface area contributed by atoms with Gasteiger partial charge in [0.15, 0.2) is 4.77 Å². The minimum atomic E-state index is -0.785. The second kappa shape index (κ2) is 9.30. The Bertz CT molecular complexity index is 637. The summed E-state index contributed by atoms with van der Waals surface area (Å²) in [5.74, 6) is -1.20. The number of hydrogen-bond acceptors (Lipinski definition) is 4. The molecule has 22 heavy (non-hydrogen) atoms. The summed E-state index contributed by atoms with van der Waals surface area (Å²) >= 11 is 5.19. The molecule has 0 N–H and O–H groups in total. The van der Waals surface area contributed by atoms with Crippen molar-refractivity contribution in [2.24, 2.45) is 0 Å². The van der Waals surface area contributed by atoms with Crippen LogP contribution in [-0.4, -0.2) is 21.7 Å². The first kappa shape index (κ1) is 18.3. The Hall–Kier alpha value is -1.76. The van der Waals surface area contributed by atoms with Crippen LogP contribution < -0.4 is 5.56 Å². The summed E-state index contributed by atoms with van der Waals surface area (Å²) in [5, 5.41) is 0. The molecule has 0 aliphatic heterocycles. The van der Waals surface area contributed by atoms with Gasteiger partial charge in [0, 0.05) is 25.4 Å². The molecule has 1 rings (SSSR count). The molecular formula is C15H21FN2O3S. The van der Waals surface area contributed by atoms with E-state index < -0.39 is 17.3 Å². The van der Waals surface area contributed by atoms with Gasteiger partial charge in [-0.25, -0.2) is 4.79 Å². The molecule has 0 amide bonds. The fraction of sp³-hybridized carbons (Fsp3) is 0.533. The summed E-state index contributed by atoms with van der Waals surface area (Å²) < 4.78 is 21.6. The number of rotatable bonds is 9. The number of nitrogens with zero attached hydrogens (tertiary/aromatic N) is 2. The number of ether oxygens (including phenoxy) is 1. The van der Waals surface area contributed by atoms with Gasteiger partial charge in [0.05, 0.1) is 6.61 Å². The molecule has 1 heterocycles. The van der Waals surface area contributed by atoms with E-state index in [1.807, 2.05) is 0 Å². The molecule has 1 aromatic rings. The zero-order valence-corrected chi connectivity index (χ0v) is 13.5. The summed E-state index contributed by atoms with van der Waals surface area (Å²) in [6.45, 7) is 6.36. The van der Waals surface area contributed by atoms with Crippen molar-refractivity contribution in [1.29, 1.82) is 0 Å². The number of halogens is 1. The standard InChI is InChI=1S/C15H21FN2O3S/c1-3-13(19)21-10-8-6-5-7-9-17-11-12(16)14(20)18(4-2)15(17)22/h3,11H,1,4-10H2,2H3. The predicted octanol–water partition coefficient (Wildman–Crippen LogP) is 2.83. The fourth-order valence-electron chi connectivity index (χ4n) is 2.03. The lowest BCUT2D eigenvalue weighted by molar-refractivity contribution is -0.137. The van der Waals surface area contributed by atoms with Crippen molar-refractivity contribution in [3.05, 3.63) is 39.8 Å². The van der Waals surface area contributed by atoms with E-state index in [9.17, 15) is 14.0 Å². The van der Waals surface area contributed by atoms with Crippen molar-refractivity contribution in [3.63, 3.8) is 0 Å². The summed E-state index contributed by atoms with van der Waals surface area (Å²) in [5.41, 5.74) is -0.673. The zero-order valence-electron chi connectivity index (χ0n) is 12.7.